The van der Waals surface area contributed by atoms with Crippen molar-refractivity contribution in [2.24, 2.45) is 5.92 Å². The zero-order valence-corrected chi connectivity index (χ0v) is 19.6. The Morgan fingerprint density at radius 1 is 1.22 bits per heavy atom. The maximum Gasteiger partial charge on any atom is 0.226 e. The summed E-state index contributed by atoms with van der Waals surface area (Å²) in [6, 6.07) is 5.63. The Morgan fingerprint density at radius 3 is 2.66 bits per heavy atom. The fourth-order valence-corrected chi connectivity index (χ4v) is 3.91. The smallest absolute Gasteiger partial charge is 0.226 e. The van der Waals surface area contributed by atoms with Gasteiger partial charge in [0.2, 0.25) is 11.8 Å². The van der Waals surface area contributed by atoms with Gasteiger partial charge in [-0.1, -0.05) is 0 Å². The molecule has 1 aromatic carbocycles. The van der Waals surface area contributed by atoms with Gasteiger partial charge in [0.1, 0.15) is 5.76 Å². The summed E-state index contributed by atoms with van der Waals surface area (Å²) in [6.07, 6.45) is 2.57. The second kappa shape index (κ2) is 11.9. The van der Waals surface area contributed by atoms with Crippen molar-refractivity contribution in [1.82, 2.24) is 15.2 Å². The Kier molecular flexibility index (Phi) is 8.93. The number of amides is 1. The van der Waals surface area contributed by atoms with Gasteiger partial charge >= 0.3 is 0 Å². The largest absolute Gasteiger partial charge is 0.493 e. The molecule has 0 spiro atoms. The first-order valence-electron chi connectivity index (χ1n) is 11.3. The molecular weight excluding hydrogens is 410 g/mol. The van der Waals surface area contributed by atoms with E-state index in [2.05, 4.69) is 10.2 Å². The monoisotopic (exact) mass is 445 g/mol. The number of carbonyl (C=O) groups excluding carboxylic acids is 1. The lowest BCUT2D eigenvalue weighted by molar-refractivity contribution is -0.126. The number of nitrogens with zero attached hydrogens (tertiary/aromatic N) is 2. The lowest BCUT2D eigenvalue weighted by atomic mass is 9.95. The molecule has 1 saturated heterocycles. The molecule has 8 nitrogen and oxygen atoms in total. The molecular formula is C24H35N3O5. The number of rotatable bonds is 11. The molecule has 2 aromatic rings. The van der Waals surface area contributed by atoms with Crippen molar-refractivity contribution in [3.63, 3.8) is 0 Å². The number of oxazole rings is 1. The summed E-state index contributed by atoms with van der Waals surface area (Å²) in [6.45, 7) is 8.45. The van der Waals surface area contributed by atoms with Crippen molar-refractivity contribution in [2.75, 3.05) is 47.1 Å². The van der Waals surface area contributed by atoms with E-state index in [0.717, 1.165) is 49.4 Å². The fourth-order valence-electron chi connectivity index (χ4n) is 3.91. The predicted octanol–water partition coefficient (Wildman–Crippen LogP) is 3.42. The van der Waals surface area contributed by atoms with E-state index in [-0.39, 0.29) is 11.8 Å². The molecule has 32 heavy (non-hydrogen) atoms. The van der Waals surface area contributed by atoms with Gasteiger partial charge in [-0.2, -0.15) is 0 Å². The van der Waals surface area contributed by atoms with Crippen LogP contribution in [-0.4, -0.2) is 62.9 Å². The molecule has 3 rings (SSSR count). The zero-order chi connectivity index (χ0) is 22.9. The second-order valence-electron chi connectivity index (χ2n) is 7.98. The standard InChI is InChI=1S/C24H35N3O5/c1-5-31-14-6-11-25-23(28)18-9-12-27(13-10-18)16-20-17(2)32-24(26-20)19-7-8-21(29-3)22(15-19)30-4/h7-8,15,18H,5-6,9-14,16H2,1-4H3,(H,25,28). The molecule has 0 bridgehead atoms. The van der Waals surface area contributed by atoms with Gasteiger partial charge in [0.15, 0.2) is 11.5 Å². The molecule has 1 aliphatic heterocycles. The van der Waals surface area contributed by atoms with Crippen LogP contribution in [0.5, 0.6) is 11.5 Å². The van der Waals surface area contributed by atoms with Crippen molar-refractivity contribution in [1.29, 1.82) is 0 Å². The number of methoxy groups -OCH3 is 2. The molecule has 8 heteroatoms. The Hall–Kier alpha value is -2.58. The van der Waals surface area contributed by atoms with Crippen LogP contribution in [0.15, 0.2) is 22.6 Å². The summed E-state index contributed by atoms with van der Waals surface area (Å²) >= 11 is 0. The van der Waals surface area contributed by atoms with Crippen LogP contribution >= 0.6 is 0 Å². The zero-order valence-electron chi connectivity index (χ0n) is 19.6. The molecule has 0 saturated carbocycles. The maximum absolute atomic E-state index is 12.4. The number of likely N-dealkylation sites (tertiary alicyclic amines) is 1. The lowest BCUT2D eigenvalue weighted by Crippen LogP contribution is -2.40. The highest BCUT2D eigenvalue weighted by Gasteiger charge is 2.26. The SMILES string of the molecule is CCOCCCNC(=O)C1CCN(Cc2nc(-c3ccc(OC)c(OC)c3)oc2C)CC1. The summed E-state index contributed by atoms with van der Waals surface area (Å²) in [4.78, 5) is 19.5. The van der Waals surface area contributed by atoms with Crippen LogP contribution in [0.25, 0.3) is 11.5 Å². The van der Waals surface area contributed by atoms with E-state index < -0.39 is 0 Å². The molecule has 1 amide bonds. The van der Waals surface area contributed by atoms with Crippen LogP contribution < -0.4 is 14.8 Å². The van der Waals surface area contributed by atoms with E-state index in [1.165, 1.54) is 0 Å². The van der Waals surface area contributed by atoms with E-state index in [9.17, 15) is 4.79 Å². The molecule has 0 aliphatic carbocycles. The summed E-state index contributed by atoms with van der Waals surface area (Å²) < 4.78 is 21.9. The summed E-state index contributed by atoms with van der Waals surface area (Å²) in [7, 11) is 3.22. The number of ether oxygens (including phenoxy) is 3. The van der Waals surface area contributed by atoms with Crippen molar-refractivity contribution in [2.45, 2.75) is 39.7 Å². The van der Waals surface area contributed by atoms with Crippen molar-refractivity contribution in [3.8, 4) is 23.0 Å². The van der Waals surface area contributed by atoms with Gasteiger partial charge in [-0.15, -0.1) is 0 Å². The third-order valence-electron chi connectivity index (χ3n) is 5.82. The molecule has 0 atom stereocenters. The maximum atomic E-state index is 12.4. The topological polar surface area (TPSA) is 86.1 Å². The van der Waals surface area contributed by atoms with Gasteiger partial charge in [0, 0.05) is 37.8 Å². The average molecular weight is 446 g/mol. The van der Waals surface area contributed by atoms with E-state index in [4.69, 9.17) is 23.6 Å². The van der Waals surface area contributed by atoms with Gasteiger partial charge in [-0.05, 0) is 64.4 Å². The van der Waals surface area contributed by atoms with E-state index in [0.29, 0.717) is 43.7 Å². The third kappa shape index (κ3) is 6.23. The number of nitrogens with one attached hydrogen (secondary N) is 1. The first-order chi connectivity index (χ1) is 15.5. The van der Waals surface area contributed by atoms with Crippen LogP contribution in [0.4, 0.5) is 0 Å². The van der Waals surface area contributed by atoms with Crippen LogP contribution in [-0.2, 0) is 16.1 Å². The molecule has 0 unspecified atom stereocenters. The minimum atomic E-state index is 0.0825. The lowest BCUT2D eigenvalue weighted by Gasteiger charge is -2.30. The molecule has 1 aromatic heterocycles. The number of benzene rings is 1. The number of hydrogen-bond donors (Lipinski definition) is 1. The van der Waals surface area contributed by atoms with E-state index >= 15 is 0 Å². The van der Waals surface area contributed by atoms with Crippen molar-refractivity contribution >= 4 is 5.91 Å². The highest BCUT2D eigenvalue weighted by atomic mass is 16.5. The number of aromatic nitrogens is 1. The van der Waals surface area contributed by atoms with Gasteiger partial charge in [-0.3, -0.25) is 9.69 Å². The molecule has 0 radical (unpaired) electrons. The number of aryl methyl sites for hydroxylation is 1. The van der Waals surface area contributed by atoms with Gasteiger partial charge in [-0.25, -0.2) is 4.98 Å². The van der Waals surface area contributed by atoms with E-state index in [1.54, 1.807) is 14.2 Å². The number of hydrogen-bond acceptors (Lipinski definition) is 7. The van der Waals surface area contributed by atoms with Gasteiger partial charge in [0.25, 0.3) is 0 Å². The van der Waals surface area contributed by atoms with Crippen molar-refractivity contribution in [3.05, 3.63) is 29.7 Å². The van der Waals surface area contributed by atoms with Crippen LogP contribution in [0.2, 0.25) is 0 Å². The Morgan fingerprint density at radius 2 is 1.97 bits per heavy atom. The Labute approximate surface area is 190 Å². The molecule has 1 fully saturated rings. The van der Waals surface area contributed by atoms with Crippen LogP contribution in [0, 0.1) is 12.8 Å². The second-order valence-corrected chi connectivity index (χ2v) is 7.98. The average Bonchev–Trinajstić information content (AvgIpc) is 3.18. The van der Waals surface area contributed by atoms with Gasteiger partial charge < -0.3 is 23.9 Å². The Bertz CT molecular complexity index is 875. The van der Waals surface area contributed by atoms with Gasteiger partial charge in [0.05, 0.1) is 19.9 Å². The van der Waals surface area contributed by atoms with E-state index in [1.807, 2.05) is 32.0 Å². The number of piperidine rings is 1. The normalized spacial score (nSPS) is 15.0. The fraction of sp³-hybridized carbons (Fsp3) is 0.583. The minimum absolute atomic E-state index is 0.0825. The van der Waals surface area contributed by atoms with Crippen LogP contribution in [0.3, 0.4) is 0 Å². The molecule has 2 heterocycles. The van der Waals surface area contributed by atoms with Crippen molar-refractivity contribution < 1.29 is 23.4 Å². The third-order valence-corrected chi connectivity index (χ3v) is 5.82. The predicted molar refractivity (Wildman–Crippen MR) is 122 cm³/mol. The minimum Gasteiger partial charge on any atom is -0.493 e. The highest BCUT2D eigenvalue weighted by molar-refractivity contribution is 5.78. The molecule has 1 aliphatic rings. The molecule has 1 N–H and O–H groups in total. The quantitative estimate of drug-likeness (QED) is 0.530. The first kappa shape index (κ1) is 24.1. The highest BCUT2D eigenvalue weighted by Crippen LogP contribution is 2.33. The molecule has 176 valence electrons. The number of carbonyl (C=O) groups is 1. The summed E-state index contributed by atoms with van der Waals surface area (Å²) in [5.41, 5.74) is 1.77. The summed E-state index contributed by atoms with van der Waals surface area (Å²) in [5, 5.41) is 3.04. The summed E-state index contributed by atoms with van der Waals surface area (Å²) in [5.74, 6) is 2.93. The van der Waals surface area contributed by atoms with Crippen LogP contribution in [0.1, 0.15) is 37.6 Å². The Balaban J connectivity index is 1.52. The first-order valence-corrected chi connectivity index (χ1v) is 11.3.